The Bertz CT molecular complexity index is 707. The number of ether oxygens (including phenoxy) is 1. The molecule has 114 valence electrons. The molecule has 0 spiro atoms. The highest BCUT2D eigenvalue weighted by molar-refractivity contribution is 6.45. The third-order valence-corrected chi connectivity index (χ3v) is 4.19. The standard InChI is InChI=1S/C18H16Cl2O2/c1-3-13(11-12-7-5-4-6-8-12)18(21)14-9-10-15(22-2)17(20)16(14)19/h4-11H,3H2,1-2H3. The molecule has 0 atom stereocenters. The lowest BCUT2D eigenvalue weighted by Gasteiger charge is -2.10. The summed E-state index contributed by atoms with van der Waals surface area (Å²) in [6.07, 6.45) is 2.48. The Morgan fingerprint density at radius 3 is 2.36 bits per heavy atom. The molecule has 0 bridgehead atoms. The van der Waals surface area contributed by atoms with E-state index in [0.717, 1.165) is 5.56 Å². The summed E-state index contributed by atoms with van der Waals surface area (Å²) in [7, 11) is 1.51. The van der Waals surface area contributed by atoms with Gasteiger partial charge in [0.1, 0.15) is 10.8 Å². The number of halogens is 2. The number of hydrogen-bond donors (Lipinski definition) is 0. The molecule has 0 unspecified atom stereocenters. The predicted molar refractivity (Wildman–Crippen MR) is 92.1 cm³/mol. The maximum atomic E-state index is 12.7. The van der Waals surface area contributed by atoms with E-state index in [0.29, 0.717) is 23.3 Å². The van der Waals surface area contributed by atoms with Gasteiger partial charge in [-0.05, 0) is 30.2 Å². The van der Waals surface area contributed by atoms with Gasteiger partial charge in [0.25, 0.3) is 0 Å². The summed E-state index contributed by atoms with van der Waals surface area (Å²) in [5.74, 6) is 0.328. The van der Waals surface area contributed by atoms with Crippen LogP contribution < -0.4 is 4.74 Å². The molecule has 0 saturated carbocycles. The Morgan fingerprint density at radius 2 is 1.77 bits per heavy atom. The fraction of sp³-hybridized carbons (Fsp3) is 0.167. The first kappa shape index (κ1) is 16.6. The number of allylic oxidation sites excluding steroid dienone is 1. The molecule has 2 nitrogen and oxygen atoms in total. The van der Waals surface area contributed by atoms with Gasteiger partial charge >= 0.3 is 0 Å². The molecule has 0 aromatic heterocycles. The summed E-state index contributed by atoms with van der Waals surface area (Å²) >= 11 is 12.3. The SMILES string of the molecule is CCC(=Cc1ccccc1)C(=O)c1ccc(OC)c(Cl)c1Cl. The zero-order valence-electron chi connectivity index (χ0n) is 12.4. The Balaban J connectivity index is 2.42. The third kappa shape index (κ3) is 3.52. The van der Waals surface area contributed by atoms with Crippen molar-refractivity contribution in [2.45, 2.75) is 13.3 Å². The summed E-state index contributed by atoms with van der Waals surface area (Å²) in [6.45, 7) is 1.94. The van der Waals surface area contributed by atoms with Crippen molar-refractivity contribution in [2.24, 2.45) is 0 Å². The summed E-state index contributed by atoms with van der Waals surface area (Å²) in [5, 5.41) is 0.476. The van der Waals surface area contributed by atoms with E-state index in [1.54, 1.807) is 12.1 Å². The molecule has 0 heterocycles. The van der Waals surface area contributed by atoms with E-state index in [9.17, 15) is 4.79 Å². The molecule has 0 radical (unpaired) electrons. The van der Waals surface area contributed by atoms with E-state index in [4.69, 9.17) is 27.9 Å². The van der Waals surface area contributed by atoms with E-state index in [1.165, 1.54) is 7.11 Å². The van der Waals surface area contributed by atoms with Crippen molar-refractivity contribution in [3.8, 4) is 5.75 Å². The zero-order valence-corrected chi connectivity index (χ0v) is 13.9. The first-order valence-corrected chi connectivity index (χ1v) is 7.66. The fourth-order valence-electron chi connectivity index (χ4n) is 2.12. The number of hydrogen-bond acceptors (Lipinski definition) is 2. The van der Waals surface area contributed by atoms with Crippen molar-refractivity contribution >= 4 is 35.1 Å². The molecule has 4 heteroatoms. The summed E-state index contributed by atoms with van der Waals surface area (Å²) in [5.41, 5.74) is 2.04. The van der Waals surface area contributed by atoms with Crippen LogP contribution in [0.2, 0.25) is 10.0 Å². The van der Waals surface area contributed by atoms with Gasteiger partial charge in [-0.25, -0.2) is 0 Å². The van der Waals surface area contributed by atoms with E-state index in [1.807, 2.05) is 43.3 Å². The van der Waals surface area contributed by atoms with Crippen LogP contribution in [0.15, 0.2) is 48.0 Å². The van der Waals surface area contributed by atoms with Crippen LogP contribution in [-0.2, 0) is 0 Å². The number of rotatable bonds is 5. The van der Waals surface area contributed by atoms with Gasteiger partial charge in [-0.3, -0.25) is 4.79 Å². The molecule has 0 amide bonds. The second-order valence-electron chi connectivity index (χ2n) is 4.71. The minimum absolute atomic E-state index is 0.124. The molecule has 0 aliphatic carbocycles. The smallest absolute Gasteiger partial charge is 0.190 e. The Labute approximate surface area is 140 Å². The lowest BCUT2D eigenvalue weighted by Crippen LogP contribution is -2.04. The average Bonchev–Trinajstić information content (AvgIpc) is 2.55. The van der Waals surface area contributed by atoms with Crippen LogP contribution in [0.1, 0.15) is 29.3 Å². The third-order valence-electron chi connectivity index (χ3n) is 3.32. The highest BCUT2D eigenvalue weighted by atomic mass is 35.5. The van der Waals surface area contributed by atoms with Gasteiger partial charge in [-0.2, -0.15) is 0 Å². The molecular formula is C18H16Cl2O2. The molecule has 2 aromatic carbocycles. The highest BCUT2D eigenvalue weighted by Crippen LogP contribution is 2.35. The van der Waals surface area contributed by atoms with Crippen molar-refractivity contribution in [3.05, 3.63) is 69.2 Å². The van der Waals surface area contributed by atoms with Crippen molar-refractivity contribution in [3.63, 3.8) is 0 Å². The van der Waals surface area contributed by atoms with Crippen molar-refractivity contribution in [2.75, 3.05) is 7.11 Å². The zero-order chi connectivity index (χ0) is 16.1. The normalized spacial score (nSPS) is 11.4. The molecule has 22 heavy (non-hydrogen) atoms. The fourth-order valence-corrected chi connectivity index (χ4v) is 2.60. The second-order valence-corrected chi connectivity index (χ2v) is 5.46. The number of benzene rings is 2. The van der Waals surface area contributed by atoms with Crippen molar-refractivity contribution in [1.29, 1.82) is 0 Å². The summed E-state index contributed by atoms with van der Waals surface area (Å²) in [4.78, 5) is 12.7. The minimum Gasteiger partial charge on any atom is -0.495 e. The average molecular weight is 335 g/mol. The van der Waals surface area contributed by atoms with E-state index >= 15 is 0 Å². The summed E-state index contributed by atoms with van der Waals surface area (Å²) < 4.78 is 5.10. The molecule has 0 aliphatic heterocycles. The second kappa shape index (κ2) is 7.48. The lowest BCUT2D eigenvalue weighted by atomic mass is 9.99. The van der Waals surface area contributed by atoms with Crippen LogP contribution in [0.25, 0.3) is 6.08 Å². The number of carbonyl (C=O) groups is 1. The first-order valence-electron chi connectivity index (χ1n) is 6.90. The highest BCUT2D eigenvalue weighted by Gasteiger charge is 2.18. The van der Waals surface area contributed by atoms with E-state index < -0.39 is 0 Å². The topological polar surface area (TPSA) is 26.3 Å². The van der Waals surface area contributed by atoms with Gasteiger partial charge in [0.2, 0.25) is 0 Å². The maximum absolute atomic E-state index is 12.7. The van der Waals surface area contributed by atoms with Gasteiger partial charge in [-0.15, -0.1) is 0 Å². The number of Topliss-reactive ketones (excluding diaryl/α,β-unsaturated/α-hetero) is 1. The van der Waals surface area contributed by atoms with Crippen LogP contribution in [0, 0.1) is 0 Å². The maximum Gasteiger partial charge on any atom is 0.190 e. The summed E-state index contributed by atoms with van der Waals surface area (Å²) in [6, 6.07) is 13.0. The molecule has 2 rings (SSSR count). The monoisotopic (exact) mass is 334 g/mol. The van der Waals surface area contributed by atoms with Crippen LogP contribution in [0.5, 0.6) is 5.75 Å². The van der Waals surface area contributed by atoms with Gasteiger partial charge in [0.15, 0.2) is 5.78 Å². The van der Waals surface area contributed by atoms with Crippen molar-refractivity contribution in [1.82, 2.24) is 0 Å². The van der Waals surface area contributed by atoms with E-state index in [-0.39, 0.29) is 15.8 Å². The molecule has 0 saturated heterocycles. The number of methoxy groups -OCH3 is 1. The quantitative estimate of drug-likeness (QED) is 0.519. The Morgan fingerprint density at radius 1 is 1.09 bits per heavy atom. The van der Waals surface area contributed by atoms with E-state index in [2.05, 4.69) is 0 Å². The van der Waals surface area contributed by atoms with Crippen LogP contribution in [0.3, 0.4) is 0 Å². The van der Waals surface area contributed by atoms with Crippen LogP contribution in [0.4, 0.5) is 0 Å². The van der Waals surface area contributed by atoms with Gasteiger partial charge in [0, 0.05) is 11.1 Å². The van der Waals surface area contributed by atoms with Crippen LogP contribution >= 0.6 is 23.2 Å². The van der Waals surface area contributed by atoms with Gasteiger partial charge < -0.3 is 4.74 Å². The number of ketones is 1. The molecule has 0 N–H and O–H groups in total. The van der Waals surface area contributed by atoms with Crippen molar-refractivity contribution < 1.29 is 9.53 Å². The predicted octanol–water partition coefficient (Wildman–Crippen LogP) is 5.68. The largest absolute Gasteiger partial charge is 0.495 e. The minimum atomic E-state index is -0.124. The molecule has 2 aromatic rings. The molecule has 0 aliphatic rings. The molecule has 0 fully saturated rings. The Hall–Kier alpha value is -1.77. The van der Waals surface area contributed by atoms with Gasteiger partial charge in [-0.1, -0.05) is 60.5 Å². The lowest BCUT2D eigenvalue weighted by molar-refractivity contribution is 0.103. The number of carbonyl (C=O) groups excluding carboxylic acids is 1. The Kier molecular flexibility index (Phi) is 5.64. The first-order chi connectivity index (χ1) is 10.6. The van der Waals surface area contributed by atoms with Gasteiger partial charge in [0.05, 0.1) is 12.1 Å². The van der Waals surface area contributed by atoms with Crippen LogP contribution in [-0.4, -0.2) is 12.9 Å². The molecular weight excluding hydrogens is 319 g/mol.